The lowest BCUT2D eigenvalue weighted by atomic mass is 9.93. The minimum atomic E-state index is 0.766. The predicted octanol–water partition coefficient (Wildman–Crippen LogP) is 1.96. The van der Waals surface area contributed by atoms with Gasteiger partial charge in [-0.2, -0.15) is 0 Å². The van der Waals surface area contributed by atoms with Crippen LogP contribution in [0.2, 0.25) is 0 Å². The lowest BCUT2D eigenvalue weighted by Gasteiger charge is -2.36. The van der Waals surface area contributed by atoms with E-state index in [1.54, 1.807) is 0 Å². The SMILES string of the molecule is CC(CNC1CCN(C)CC1C)C1CC1. The van der Waals surface area contributed by atoms with E-state index in [9.17, 15) is 0 Å². The summed E-state index contributed by atoms with van der Waals surface area (Å²) in [5, 5.41) is 3.79. The molecule has 0 aromatic rings. The van der Waals surface area contributed by atoms with Crippen LogP contribution in [-0.4, -0.2) is 37.6 Å². The van der Waals surface area contributed by atoms with E-state index in [0.29, 0.717) is 0 Å². The molecule has 0 radical (unpaired) electrons. The summed E-state index contributed by atoms with van der Waals surface area (Å²) in [7, 11) is 2.24. The Labute approximate surface area is 94.4 Å². The number of nitrogens with one attached hydrogen (secondary N) is 1. The lowest BCUT2D eigenvalue weighted by molar-refractivity contribution is 0.171. The number of rotatable bonds is 4. The second kappa shape index (κ2) is 4.84. The van der Waals surface area contributed by atoms with Crippen LogP contribution in [0.4, 0.5) is 0 Å². The maximum atomic E-state index is 3.79. The predicted molar refractivity (Wildman–Crippen MR) is 65.0 cm³/mol. The van der Waals surface area contributed by atoms with Crippen LogP contribution >= 0.6 is 0 Å². The Morgan fingerprint density at radius 3 is 2.67 bits per heavy atom. The first kappa shape index (κ1) is 11.4. The Morgan fingerprint density at radius 2 is 2.07 bits per heavy atom. The largest absolute Gasteiger partial charge is 0.313 e. The molecule has 1 heterocycles. The van der Waals surface area contributed by atoms with Crippen molar-refractivity contribution in [3.63, 3.8) is 0 Å². The van der Waals surface area contributed by atoms with E-state index in [4.69, 9.17) is 0 Å². The minimum absolute atomic E-state index is 0.766. The Morgan fingerprint density at radius 1 is 1.33 bits per heavy atom. The van der Waals surface area contributed by atoms with Crippen LogP contribution in [0.5, 0.6) is 0 Å². The summed E-state index contributed by atoms with van der Waals surface area (Å²) in [4.78, 5) is 2.45. The molecule has 2 aliphatic rings. The van der Waals surface area contributed by atoms with Crippen molar-refractivity contribution in [1.82, 2.24) is 10.2 Å². The Kier molecular flexibility index (Phi) is 3.68. The number of likely N-dealkylation sites (tertiary alicyclic amines) is 1. The number of piperidine rings is 1. The maximum Gasteiger partial charge on any atom is 0.0117 e. The summed E-state index contributed by atoms with van der Waals surface area (Å²) in [5.41, 5.74) is 0. The first-order valence-electron chi connectivity index (χ1n) is 6.58. The van der Waals surface area contributed by atoms with Crippen molar-refractivity contribution in [1.29, 1.82) is 0 Å². The molecule has 1 saturated heterocycles. The van der Waals surface area contributed by atoms with Gasteiger partial charge in [0.2, 0.25) is 0 Å². The van der Waals surface area contributed by atoms with Gasteiger partial charge in [0.25, 0.3) is 0 Å². The fraction of sp³-hybridized carbons (Fsp3) is 1.00. The molecule has 15 heavy (non-hydrogen) atoms. The molecule has 1 aliphatic heterocycles. The van der Waals surface area contributed by atoms with Gasteiger partial charge in [0, 0.05) is 12.6 Å². The molecule has 2 rings (SSSR count). The molecule has 88 valence electrons. The van der Waals surface area contributed by atoms with Crippen molar-refractivity contribution in [2.75, 3.05) is 26.7 Å². The van der Waals surface area contributed by atoms with Gasteiger partial charge in [-0.3, -0.25) is 0 Å². The molecule has 3 atom stereocenters. The smallest absolute Gasteiger partial charge is 0.0117 e. The van der Waals surface area contributed by atoms with Crippen LogP contribution < -0.4 is 5.32 Å². The van der Waals surface area contributed by atoms with E-state index in [1.807, 2.05) is 0 Å². The molecule has 2 fully saturated rings. The van der Waals surface area contributed by atoms with E-state index in [2.05, 4.69) is 31.1 Å². The molecule has 1 N–H and O–H groups in total. The first-order valence-corrected chi connectivity index (χ1v) is 6.58. The summed E-state index contributed by atoms with van der Waals surface area (Å²) in [6.07, 6.45) is 4.28. The van der Waals surface area contributed by atoms with Gasteiger partial charge in [-0.05, 0) is 57.2 Å². The number of hydrogen-bond acceptors (Lipinski definition) is 2. The van der Waals surface area contributed by atoms with Gasteiger partial charge < -0.3 is 10.2 Å². The number of hydrogen-bond donors (Lipinski definition) is 1. The highest BCUT2D eigenvalue weighted by Gasteiger charge is 2.29. The van der Waals surface area contributed by atoms with Crippen molar-refractivity contribution >= 4 is 0 Å². The quantitative estimate of drug-likeness (QED) is 0.763. The highest BCUT2D eigenvalue weighted by molar-refractivity contribution is 4.85. The minimum Gasteiger partial charge on any atom is -0.313 e. The van der Waals surface area contributed by atoms with Crippen LogP contribution in [0, 0.1) is 17.8 Å². The monoisotopic (exact) mass is 210 g/mol. The third-order valence-corrected chi connectivity index (χ3v) is 4.24. The zero-order valence-electron chi connectivity index (χ0n) is 10.5. The average molecular weight is 210 g/mol. The highest BCUT2D eigenvalue weighted by Crippen LogP contribution is 2.36. The van der Waals surface area contributed by atoms with E-state index in [-0.39, 0.29) is 0 Å². The molecule has 0 bridgehead atoms. The van der Waals surface area contributed by atoms with Gasteiger partial charge in [0.05, 0.1) is 0 Å². The first-order chi connectivity index (χ1) is 7.16. The second-order valence-corrected chi connectivity index (χ2v) is 5.86. The molecular formula is C13H26N2. The molecule has 1 saturated carbocycles. The van der Waals surface area contributed by atoms with E-state index in [0.717, 1.165) is 23.8 Å². The molecule has 3 unspecified atom stereocenters. The van der Waals surface area contributed by atoms with Gasteiger partial charge in [0.15, 0.2) is 0 Å². The van der Waals surface area contributed by atoms with Gasteiger partial charge in [-0.1, -0.05) is 13.8 Å². The standard InChI is InChI=1S/C13H26N2/c1-10(12-4-5-12)8-14-13-6-7-15(3)9-11(13)2/h10-14H,4-9H2,1-3H3. The molecule has 0 spiro atoms. The fourth-order valence-electron chi connectivity index (χ4n) is 2.83. The molecule has 2 heteroatoms. The zero-order valence-corrected chi connectivity index (χ0v) is 10.5. The maximum absolute atomic E-state index is 3.79. The third-order valence-electron chi connectivity index (χ3n) is 4.24. The van der Waals surface area contributed by atoms with Crippen LogP contribution in [0.15, 0.2) is 0 Å². The Hall–Kier alpha value is -0.0800. The van der Waals surface area contributed by atoms with E-state index < -0.39 is 0 Å². The zero-order chi connectivity index (χ0) is 10.8. The van der Waals surface area contributed by atoms with Crippen LogP contribution in [-0.2, 0) is 0 Å². The van der Waals surface area contributed by atoms with Gasteiger partial charge in [0.1, 0.15) is 0 Å². The Bertz CT molecular complexity index is 201. The third kappa shape index (κ3) is 3.18. The van der Waals surface area contributed by atoms with E-state index >= 15 is 0 Å². The van der Waals surface area contributed by atoms with Crippen molar-refractivity contribution < 1.29 is 0 Å². The van der Waals surface area contributed by atoms with Gasteiger partial charge >= 0.3 is 0 Å². The topological polar surface area (TPSA) is 15.3 Å². The van der Waals surface area contributed by atoms with Gasteiger partial charge in [-0.15, -0.1) is 0 Å². The fourth-order valence-corrected chi connectivity index (χ4v) is 2.83. The Balaban J connectivity index is 1.69. The average Bonchev–Trinajstić information content (AvgIpc) is 2.99. The number of nitrogens with zero attached hydrogens (tertiary/aromatic N) is 1. The summed E-state index contributed by atoms with van der Waals surface area (Å²) in [6, 6.07) is 0.766. The van der Waals surface area contributed by atoms with Crippen LogP contribution in [0.25, 0.3) is 0 Å². The molecule has 2 nitrogen and oxygen atoms in total. The van der Waals surface area contributed by atoms with Crippen molar-refractivity contribution in [2.24, 2.45) is 17.8 Å². The summed E-state index contributed by atoms with van der Waals surface area (Å²) < 4.78 is 0. The molecule has 0 aromatic heterocycles. The van der Waals surface area contributed by atoms with Crippen LogP contribution in [0.1, 0.15) is 33.1 Å². The second-order valence-electron chi connectivity index (χ2n) is 5.86. The molecule has 0 aromatic carbocycles. The van der Waals surface area contributed by atoms with Crippen LogP contribution in [0.3, 0.4) is 0 Å². The van der Waals surface area contributed by atoms with Crippen molar-refractivity contribution in [3.8, 4) is 0 Å². The summed E-state index contributed by atoms with van der Waals surface area (Å²) in [5.74, 6) is 2.76. The highest BCUT2D eigenvalue weighted by atomic mass is 15.1. The molecule has 1 aliphatic carbocycles. The van der Waals surface area contributed by atoms with Gasteiger partial charge in [-0.25, -0.2) is 0 Å². The van der Waals surface area contributed by atoms with E-state index in [1.165, 1.54) is 38.9 Å². The van der Waals surface area contributed by atoms with Crippen molar-refractivity contribution in [2.45, 2.75) is 39.2 Å². The summed E-state index contributed by atoms with van der Waals surface area (Å²) in [6.45, 7) is 8.55. The normalized spacial score (nSPS) is 35.4. The van der Waals surface area contributed by atoms with Crippen molar-refractivity contribution in [3.05, 3.63) is 0 Å². The molecular weight excluding hydrogens is 184 g/mol. The summed E-state index contributed by atoms with van der Waals surface area (Å²) >= 11 is 0. The lowest BCUT2D eigenvalue weighted by Crippen LogP contribution is -2.48. The molecule has 0 amide bonds.